The second-order valence-electron chi connectivity index (χ2n) is 2.77. The Labute approximate surface area is 66.6 Å². The molecule has 0 aromatic carbocycles. The van der Waals surface area contributed by atoms with Gasteiger partial charge in [0.15, 0.2) is 0 Å². The van der Waals surface area contributed by atoms with Crippen LogP contribution in [0.2, 0.25) is 0 Å². The second-order valence-corrected chi connectivity index (χ2v) is 2.77. The number of carboxylic acid groups (broad SMARTS) is 1. The summed E-state index contributed by atoms with van der Waals surface area (Å²) in [6, 6.07) is -1.04. The average molecular weight is 183 g/mol. The van der Waals surface area contributed by atoms with Crippen LogP contribution in [0, 0.1) is 5.92 Å². The topological polar surface area (TPSA) is 49.3 Å². The molecule has 1 fully saturated rings. The molecule has 2 atom stereocenters. The summed E-state index contributed by atoms with van der Waals surface area (Å²) in [6.07, 6.45) is -4.64. The number of rotatable bonds is 1. The van der Waals surface area contributed by atoms with Crippen molar-refractivity contribution in [3.8, 4) is 0 Å². The van der Waals surface area contributed by atoms with Crippen LogP contribution in [0.3, 0.4) is 0 Å². The van der Waals surface area contributed by atoms with Crippen molar-refractivity contribution in [2.24, 2.45) is 5.92 Å². The molecular formula is C6H8F3NO2. The van der Waals surface area contributed by atoms with Crippen molar-refractivity contribution in [1.82, 2.24) is 5.32 Å². The van der Waals surface area contributed by atoms with E-state index in [9.17, 15) is 18.0 Å². The third-order valence-electron chi connectivity index (χ3n) is 1.89. The Bertz CT molecular complexity index is 192. The molecule has 12 heavy (non-hydrogen) atoms. The SMILES string of the molecule is O=C(O)[C@H]1C[C@@H](C(F)(F)F)CN1. The first kappa shape index (κ1) is 9.31. The van der Waals surface area contributed by atoms with Gasteiger partial charge in [0.1, 0.15) is 6.04 Å². The molecule has 0 aliphatic carbocycles. The fraction of sp³-hybridized carbons (Fsp3) is 0.833. The van der Waals surface area contributed by atoms with Gasteiger partial charge in [0.25, 0.3) is 0 Å². The van der Waals surface area contributed by atoms with E-state index in [1.807, 2.05) is 0 Å². The van der Waals surface area contributed by atoms with Gasteiger partial charge in [0.2, 0.25) is 0 Å². The Hall–Kier alpha value is -0.780. The van der Waals surface area contributed by atoms with Crippen LogP contribution in [0.1, 0.15) is 6.42 Å². The van der Waals surface area contributed by atoms with E-state index in [-0.39, 0.29) is 13.0 Å². The smallest absolute Gasteiger partial charge is 0.393 e. The minimum atomic E-state index is -4.28. The minimum absolute atomic E-state index is 0.291. The van der Waals surface area contributed by atoms with Gasteiger partial charge in [-0.2, -0.15) is 13.2 Å². The van der Waals surface area contributed by atoms with Gasteiger partial charge in [0.05, 0.1) is 5.92 Å². The summed E-state index contributed by atoms with van der Waals surface area (Å²) in [7, 11) is 0. The first-order valence-electron chi connectivity index (χ1n) is 3.44. The summed E-state index contributed by atoms with van der Waals surface area (Å²) in [5.41, 5.74) is 0. The number of hydrogen-bond donors (Lipinski definition) is 2. The fourth-order valence-corrected chi connectivity index (χ4v) is 1.17. The number of carboxylic acids is 1. The molecule has 1 saturated heterocycles. The van der Waals surface area contributed by atoms with E-state index in [0.29, 0.717) is 0 Å². The van der Waals surface area contributed by atoms with E-state index in [1.54, 1.807) is 0 Å². The number of halogens is 3. The standard InChI is InChI=1S/C6H8F3NO2/c7-6(8,9)3-1-4(5(11)12)10-2-3/h3-4,10H,1-2H2,(H,11,12)/t3-,4-/m1/s1. The molecule has 0 spiro atoms. The van der Waals surface area contributed by atoms with Crippen LogP contribution < -0.4 is 5.32 Å². The van der Waals surface area contributed by atoms with Gasteiger partial charge in [-0.1, -0.05) is 0 Å². The van der Waals surface area contributed by atoms with Crippen molar-refractivity contribution in [3.63, 3.8) is 0 Å². The van der Waals surface area contributed by atoms with Crippen LogP contribution in [0.25, 0.3) is 0 Å². The summed E-state index contributed by atoms with van der Waals surface area (Å²) >= 11 is 0. The van der Waals surface area contributed by atoms with Crippen LogP contribution >= 0.6 is 0 Å². The molecule has 0 aromatic rings. The van der Waals surface area contributed by atoms with E-state index in [4.69, 9.17) is 5.11 Å². The lowest BCUT2D eigenvalue weighted by Crippen LogP contribution is -2.30. The zero-order valence-electron chi connectivity index (χ0n) is 6.06. The molecule has 1 aliphatic heterocycles. The van der Waals surface area contributed by atoms with Crippen LogP contribution in [-0.2, 0) is 4.79 Å². The van der Waals surface area contributed by atoms with E-state index in [0.717, 1.165) is 0 Å². The normalized spacial score (nSPS) is 30.6. The number of alkyl halides is 3. The number of hydrogen-bond acceptors (Lipinski definition) is 2. The lowest BCUT2D eigenvalue weighted by atomic mass is 10.1. The molecule has 1 rings (SSSR count). The molecule has 0 bridgehead atoms. The summed E-state index contributed by atoms with van der Waals surface area (Å²) in [4.78, 5) is 10.2. The molecule has 0 aromatic heterocycles. The van der Waals surface area contributed by atoms with Crippen molar-refractivity contribution < 1.29 is 23.1 Å². The van der Waals surface area contributed by atoms with Crippen molar-refractivity contribution in [1.29, 1.82) is 0 Å². The number of aliphatic carboxylic acids is 1. The molecule has 0 amide bonds. The highest BCUT2D eigenvalue weighted by Crippen LogP contribution is 2.32. The first-order chi connectivity index (χ1) is 5.41. The molecular weight excluding hydrogens is 175 g/mol. The zero-order valence-corrected chi connectivity index (χ0v) is 6.06. The van der Waals surface area contributed by atoms with E-state index >= 15 is 0 Å². The largest absolute Gasteiger partial charge is 0.480 e. The molecule has 3 nitrogen and oxygen atoms in total. The molecule has 0 saturated carbocycles. The minimum Gasteiger partial charge on any atom is -0.480 e. The molecule has 70 valence electrons. The Morgan fingerprint density at radius 2 is 2.08 bits per heavy atom. The predicted molar refractivity (Wildman–Crippen MR) is 33.6 cm³/mol. The molecule has 1 heterocycles. The quantitative estimate of drug-likeness (QED) is 0.626. The van der Waals surface area contributed by atoms with Crippen molar-refractivity contribution in [2.75, 3.05) is 6.54 Å². The third-order valence-corrected chi connectivity index (χ3v) is 1.89. The maximum absolute atomic E-state index is 12.0. The lowest BCUT2D eigenvalue weighted by molar-refractivity contribution is -0.169. The third kappa shape index (κ3) is 1.88. The average Bonchev–Trinajstić information content (AvgIpc) is 2.30. The summed E-state index contributed by atoms with van der Waals surface area (Å²) in [5, 5.41) is 10.7. The predicted octanol–water partition coefficient (Wildman–Crippen LogP) is 0.611. The van der Waals surface area contributed by atoms with Crippen LogP contribution in [0.4, 0.5) is 13.2 Å². The van der Waals surface area contributed by atoms with Gasteiger partial charge in [-0.05, 0) is 6.42 Å². The van der Waals surface area contributed by atoms with E-state index < -0.39 is 24.1 Å². The molecule has 0 radical (unpaired) electrons. The second kappa shape index (κ2) is 2.93. The van der Waals surface area contributed by atoms with Gasteiger partial charge >= 0.3 is 12.1 Å². The Morgan fingerprint density at radius 3 is 2.33 bits per heavy atom. The van der Waals surface area contributed by atoms with Crippen molar-refractivity contribution in [2.45, 2.75) is 18.6 Å². The first-order valence-corrected chi connectivity index (χ1v) is 3.44. The number of nitrogens with one attached hydrogen (secondary N) is 1. The zero-order chi connectivity index (χ0) is 9.35. The fourth-order valence-electron chi connectivity index (χ4n) is 1.17. The number of carbonyl (C=O) groups is 1. The monoisotopic (exact) mass is 183 g/mol. The summed E-state index contributed by atoms with van der Waals surface area (Å²) in [5.74, 6) is -2.74. The van der Waals surface area contributed by atoms with E-state index in [1.165, 1.54) is 0 Å². The van der Waals surface area contributed by atoms with Gasteiger partial charge < -0.3 is 10.4 Å². The van der Waals surface area contributed by atoms with Crippen LogP contribution in [-0.4, -0.2) is 29.8 Å². The van der Waals surface area contributed by atoms with Crippen LogP contribution in [0.5, 0.6) is 0 Å². The summed E-state index contributed by atoms with van der Waals surface area (Å²) < 4.78 is 35.9. The van der Waals surface area contributed by atoms with Crippen molar-refractivity contribution >= 4 is 5.97 Å². The molecule has 2 N–H and O–H groups in total. The Balaban J connectivity index is 2.51. The molecule has 0 unspecified atom stereocenters. The Morgan fingerprint density at radius 1 is 1.50 bits per heavy atom. The van der Waals surface area contributed by atoms with E-state index in [2.05, 4.69) is 5.32 Å². The summed E-state index contributed by atoms with van der Waals surface area (Å²) in [6.45, 7) is -0.291. The highest BCUT2D eigenvalue weighted by atomic mass is 19.4. The maximum Gasteiger partial charge on any atom is 0.393 e. The highest BCUT2D eigenvalue weighted by molar-refractivity contribution is 5.73. The van der Waals surface area contributed by atoms with Gasteiger partial charge in [-0.25, -0.2) is 0 Å². The van der Waals surface area contributed by atoms with Crippen molar-refractivity contribution in [3.05, 3.63) is 0 Å². The van der Waals surface area contributed by atoms with Gasteiger partial charge in [-0.3, -0.25) is 4.79 Å². The van der Waals surface area contributed by atoms with Crippen LogP contribution in [0.15, 0.2) is 0 Å². The molecule has 1 aliphatic rings. The van der Waals surface area contributed by atoms with Gasteiger partial charge in [-0.15, -0.1) is 0 Å². The maximum atomic E-state index is 12.0. The molecule has 6 heteroatoms. The van der Waals surface area contributed by atoms with Gasteiger partial charge in [0, 0.05) is 6.54 Å². The Kier molecular flexibility index (Phi) is 2.27. The lowest BCUT2D eigenvalue weighted by Gasteiger charge is -2.12. The highest BCUT2D eigenvalue weighted by Gasteiger charge is 2.45.